The van der Waals surface area contributed by atoms with Crippen LogP contribution in [0.2, 0.25) is 0 Å². The van der Waals surface area contributed by atoms with Gasteiger partial charge < -0.3 is 5.32 Å². The first-order valence-corrected chi connectivity index (χ1v) is 4.99. The van der Waals surface area contributed by atoms with E-state index in [1.807, 2.05) is 20.0 Å². The minimum Gasteiger partial charge on any atom is -0.364 e. The Bertz CT molecular complexity index is 485. The lowest BCUT2D eigenvalue weighted by Gasteiger charge is -2.00. The minimum absolute atomic E-state index is 0. The molecule has 17 heavy (non-hydrogen) atoms. The van der Waals surface area contributed by atoms with Crippen molar-refractivity contribution in [1.29, 1.82) is 0 Å². The molecule has 0 amide bonds. The van der Waals surface area contributed by atoms with Crippen LogP contribution in [0.25, 0.3) is 0 Å². The molecule has 0 unspecified atom stereocenters. The summed E-state index contributed by atoms with van der Waals surface area (Å²) < 4.78 is 16.4. The maximum Gasteiger partial charge on any atom is 0.216 e. The first-order valence-electron chi connectivity index (χ1n) is 4.99. The van der Waals surface area contributed by atoms with Crippen molar-refractivity contribution in [2.24, 2.45) is 14.1 Å². The predicted molar refractivity (Wildman–Crippen MR) is 65.7 cm³/mol. The van der Waals surface area contributed by atoms with Gasteiger partial charge in [0.25, 0.3) is 0 Å². The van der Waals surface area contributed by atoms with E-state index in [0.717, 1.165) is 11.5 Å². The number of nitrogens with one attached hydrogen (secondary N) is 1. The lowest BCUT2D eigenvalue weighted by atomic mass is 10.3. The molecule has 0 aromatic carbocycles. The molecule has 0 atom stereocenters. The molecule has 0 spiro atoms. The van der Waals surface area contributed by atoms with Crippen molar-refractivity contribution in [2.75, 3.05) is 5.32 Å². The third-order valence-electron chi connectivity index (χ3n) is 2.51. The highest BCUT2D eigenvalue weighted by atomic mass is 35.5. The fraction of sp³-hybridized carbons (Fsp3) is 0.400. The Kier molecular flexibility index (Phi) is 4.11. The molecule has 7 heteroatoms. The second kappa shape index (κ2) is 5.18. The Morgan fingerprint density at radius 2 is 2.06 bits per heavy atom. The van der Waals surface area contributed by atoms with Gasteiger partial charge in [-0.15, -0.1) is 12.4 Å². The molecule has 2 aromatic rings. The van der Waals surface area contributed by atoms with Crippen molar-refractivity contribution < 1.29 is 4.39 Å². The fourth-order valence-electron chi connectivity index (χ4n) is 1.42. The van der Waals surface area contributed by atoms with E-state index in [9.17, 15) is 4.39 Å². The monoisotopic (exact) mass is 259 g/mol. The molecule has 2 aromatic heterocycles. The van der Waals surface area contributed by atoms with Crippen LogP contribution in [0.1, 0.15) is 11.3 Å². The van der Waals surface area contributed by atoms with Gasteiger partial charge in [-0.2, -0.15) is 14.6 Å². The van der Waals surface area contributed by atoms with E-state index < -0.39 is 0 Å². The van der Waals surface area contributed by atoms with Gasteiger partial charge in [0, 0.05) is 38.0 Å². The third kappa shape index (κ3) is 2.76. The molecule has 0 fully saturated rings. The molecule has 0 aliphatic rings. The quantitative estimate of drug-likeness (QED) is 0.912. The van der Waals surface area contributed by atoms with E-state index in [4.69, 9.17) is 0 Å². The Morgan fingerprint density at radius 3 is 2.53 bits per heavy atom. The Morgan fingerprint density at radius 1 is 1.35 bits per heavy atom. The molecular formula is C10H15ClFN5. The number of halogens is 2. The molecule has 0 bridgehead atoms. The van der Waals surface area contributed by atoms with Crippen molar-refractivity contribution in [2.45, 2.75) is 13.5 Å². The lowest BCUT2D eigenvalue weighted by Crippen LogP contribution is -2.03. The zero-order valence-electron chi connectivity index (χ0n) is 9.94. The van der Waals surface area contributed by atoms with Crippen molar-refractivity contribution >= 4 is 18.2 Å². The molecule has 94 valence electrons. The van der Waals surface area contributed by atoms with Gasteiger partial charge in [0.1, 0.15) is 5.82 Å². The van der Waals surface area contributed by atoms with Gasteiger partial charge in [-0.3, -0.25) is 4.68 Å². The highest BCUT2D eigenvalue weighted by Gasteiger charge is 2.08. The summed E-state index contributed by atoms with van der Waals surface area (Å²) in [7, 11) is 3.44. The average Bonchev–Trinajstić information content (AvgIpc) is 2.72. The SMILES string of the molecule is Cc1cc(NCc2cnn(C)c2F)nn1C.Cl. The van der Waals surface area contributed by atoms with Crippen LogP contribution in [0.4, 0.5) is 10.2 Å². The summed E-state index contributed by atoms with van der Waals surface area (Å²) in [5.74, 6) is 0.420. The smallest absolute Gasteiger partial charge is 0.216 e. The summed E-state index contributed by atoms with van der Waals surface area (Å²) in [5, 5.41) is 11.1. The van der Waals surface area contributed by atoms with Crippen LogP contribution < -0.4 is 5.32 Å². The van der Waals surface area contributed by atoms with Crippen molar-refractivity contribution in [3.05, 3.63) is 29.5 Å². The number of nitrogens with zero attached hydrogens (tertiary/aromatic N) is 4. The first-order chi connectivity index (χ1) is 7.58. The number of rotatable bonds is 3. The predicted octanol–water partition coefficient (Wildman–Crippen LogP) is 1.64. The molecule has 0 radical (unpaired) electrons. The second-order valence-corrected chi connectivity index (χ2v) is 3.73. The topological polar surface area (TPSA) is 47.7 Å². The number of aryl methyl sites for hydroxylation is 3. The largest absolute Gasteiger partial charge is 0.364 e. The number of hydrogen-bond donors (Lipinski definition) is 1. The molecule has 0 saturated heterocycles. The van der Waals surface area contributed by atoms with E-state index in [1.165, 1.54) is 10.9 Å². The first kappa shape index (κ1) is 13.5. The zero-order chi connectivity index (χ0) is 11.7. The van der Waals surface area contributed by atoms with Gasteiger partial charge in [-0.25, -0.2) is 4.68 Å². The fourth-order valence-corrected chi connectivity index (χ4v) is 1.42. The van der Waals surface area contributed by atoms with Gasteiger partial charge in [0.05, 0.1) is 6.20 Å². The van der Waals surface area contributed by atoms with Gasteiger partial charge in [-0.05, 0) is 6.92 Å². The maximum absolute atomic E-state index is 13.4. The molecule has 1 N–H and O–H groups in total. The molecule has 0 aliphatic carbocycles. The van der Waals surface area contributed by atoms with Crippen LogP contribution in [-0.4, -0.2) is 19.6 Å². The third-order valence-corrected chi connectivity index (χ3v) is 2.51. The summed E-state index contributed by atoms with van der Waals surface area (Å²) in [6.45, 7) is 2.35. The van der Waals surface area contributed by atoms with Crippen molar-refractivity contribution in [3.8, 4) is 0 Å². The van der Waals surface area contributed by atoms with Gasteiger partial charge in [-0.1, -0.05) is 0 Å². The van der Waals surface area contributed by atoms with Crippen LogP contribution in [-0.2, 0) is 20.6 Å². The summed E-state index contributed by atoms with van der Waals surface area (Å²) in [6, 6.07) is 1.91. The number of anilines is 1. The van der Waals surface area contributed by atoms with Crippen LogP contribution in [0.15, 0.2) is 12.3 Å². The van der Waals surface area contributed by atoms with Crippen LogP contribution in [0.3, 0.4) is 0 Å². The number of hydrogen-bond acceptors (Lipinski definition) is 3. The van der Waals surface area contributed by atoms with E-state index in [0.29, 0.717) is 12.1 Å². The molecular weight excluding hydrogens is 245 g/mol. The normalized spacial score (nSPS) is 10.1. The van der Waals surface area contributed by atoms with Crippen LogP contribution >= 0.6 is 12.4 Å². The van der Waals surface area contributed by atoms with Gasteiger partial charge >= 0.3 is 0 Å². The molecule has 0 aliphatic heterocycles. The van der Waals surface area contributed by atoms with E-state index >= 15 is 0 Å². The molecule has 2 heterocycles. The van der Waals surface area contributed by atoms with E-state index in [1.54, 1.807) is 11.7 Å². The molecule has 5 nitrogen and oxygen atoms in total. The van der Waals surface area contributed by atoms with Crippen LogP contribution in [0.5, 0.6) is 0 Å². The Hall–Kier alpha value is -1.56. The van der Waals surface area contributed by atoms with Crippen molar-refractivity contribution in [3.63, 3.8) is 0 Å². The lowest BCUT2D eigenvalue weighted by molar-refractivity contribution is 0.496. The Labute approximate surface area is 105 Å². The molecule has 2 rings (SSSR count). The average molecular weight is 260 g/mol. The van der Waals surface area contributed by atoms with Gasteiger partial charge in [0.2, 0.25) is 5.95 Å². The number of aromatic nitrogens is 4. The van der Waals surface area contributed by atoms with Gasteiger partial charge in [0.15, 0.2) is 0 Å². The zero-order valence-corrected chi connectivity index (χ0v) is 10.8. The highest BCUT2D eigenvalue weighted by Crippen LogP contribution is 2.10. The molecule has 0 saturated carbocycles. The van der Waals surface area contributed by atoms with Crippen molar-refractivity contribution in [1.82, 2.24) is 19.6 Å². The van der Waals surface area contributed by atoms with E-state index in [-0.39, 0.29) is 18.4 Å². The second-order valence-electron chi connectivity index (χ2n) is 3.73. The Balaban J connectivity index is 0.00000144. The standard InChI is InChI=1S/C10H14FN5.ClH/c1-7-4-9(14-15(7)2)12-5-8-6-13-16(3)10(8)11;/h4,6H,5H2,1-3H3,(H,12,14);1H. The highest BCUT2D eigenvalue weighted by molar-refractivity contribution is 5.85. The summed E-state index contributed by atoms with van der Waals surface area (Å²) in [4.78, 5) is 0. The summed E-state index contributed by atoms with van der Waals surface area (Å²) in [6.07, 6.45) is 1.51. The summed E-state index contributed by atoms with van der Waals surface area (Å²) >= 11 is 0. The van der Waals surface area contributed by atoms with E-state index in [2.05, 4.69) is 15.5 Å². The minimum atomic E-state index is -0.319. The van der Waals surface area contributed by atoms with Crippen LogP contribution in [0, 0.1) is 12.9 Å². The maximum atomic E-state index is 13.4. The summed E-state index contributed by atoms with van der Waals surface area (Å²) in [5.41, 5.74) is 1.58.